The molecule has 1 amide bonds. The third-order valence-corrected chi connectivity index (χ3v) is 0.712. The van der Waals surface area contributed by atoms with Crippen molar-refractivity contribution >= 4 is 12.2 Å². The van der Waals surface area contributed by atoms with E-state index in [9.17, 15) is 9.59 Å². The molecule has 3 nitrogen and oxygen atoms in total. The van der Waals surface area contributed by atoms with Gasteiger partial charge in [0.25, 0.3) is 0 Å². The maximum absolute atomic E-state index is 10.5. The van der Waals surface area contributed by atoms with Crippen molar-refractivity contribution in [3.63, 3.8) is 0 Å². The van der Waals surface area contributed by atoms with Crippen LogP contribution in [0.2, 0.25) is 0 Å². The summed E-state index contributed by atoms with van der Waals surface area (Å²) in [7, 11) is 0. The van der Waals surface area contributed by atoms with E-state index in [0.717, 1.165) is 0 Å². The first kappa shape index (κ1) is 7.88. The zero-order valence-electron chi connectivity index (χ0n) is 5.09. The lowest BCUT2D eigenvalue weighted by atomic mass is 10.4. The van der Waals surface area contributed by atoms with Gasteiger partial charge in [-0.1, -0.05) is 6.08 Å². The lowest BCUT2D eigenvalue weighted by molar-refractivity contribution is -0.121. The van der Waals surface area contributed by atoms with Crippen LogP contribution in [0.4, 0.5) is 0 Å². The van der Waals surface area contributed by atoms with Crippen molar-refractivity contribution in [3.8, 4) is 0 Å². The van der Waals surface area contributed by atoms with Crippen molar-refractivity contribution in [2.45, 2.75) is 6.42 Å². The Morgan fingerprint density at radius 1 is 1.67 bits per heavy atom. The van der Waals surface area contributed by atoms with Gasteiger partial charge in [-0.3, -0.25) is 4.79 Å². The summed E-state index contributed by atoms with van der Waals surface area (Å²) in [6.45, 7) is 3.45. The van der Waals surface area contributed by atoms with Crippen molar-refractivity contribution in [1.82, 2.24) is 5.32 Å². The van der Waals surface area contributed by atoms with Gasteiger partial charge in [-0.25, -0.2) is 0 Å². The van der Waals surface area contributed by atoms with Crippen LogP contribution in [0.5, 0.6) is 0 Å². The molecule has 50 valence electrons. The minimum absolute atomic E-state index is 0.0900. The molecule has 0 aromatic heterocycles. The fourth-order valence-electron chi connectivity index (χ4n) is 0.359. The Morgan fingerprint density at radius 3 is 2.78 bits per heavy atom. The lowest BCUT2D eigenvalue weighted by Gasteiger charge is -1.94. The van der Waals surface area contributed by atoms with Gasteiger partial charge in [-0.15, -0.1) is 6.58 Å². The molecule has 0 aromatic rings. The molecule has 0 bridgehead atoms. The molecular formula is C6H9NO2. The van der Waals surface area contributed by atoms with E-state index in [-0.39, 0.29) is 18.9 Å². The molecule has 0 heterocycles. The van der Waals surface area contributed by atoms with Gasteiger partial charge in [0.05, 0.1) is 6.54 Å². The second-order valence-corrected chi connectivity index (χ2v) is 1.46. The number of carbonyl (C=O) groups is 2. The first-order chi connectivity index (χ1) is 4.31. The summed E-state index contributed by atoms with van der Waals surface area (Å²) >= 11 is 0. The van der Waals surface area contributed by atoms with Gasteiger partial charge in [0.1, 0.15) is 6.29 Å². The standard InChI is InChI=1S/C6H9NO2/c1-2-3-6(9)7-4-5-8/h2,5H,1,3-4H2,(H,7,9). The van der Waals surface area contributed by atoms with E-state index in [4.69, 9.17) is 0 Å². The summed E-state index contributed by atoms with van der Waals surface area (Å²) in [5.41, 5.74) is 0. The number of nitrogens with one attached hydrogen (secondary N) is 1. The van der Waals surface area contributed by atoms with E-state index in [1.54, 1.807) is 0 Å². The highest BCUT2D eigenvalue weighted by molar-refractivity contribution is 5.79. The van der Waals surface area contributed by atoms with Crippen molar-refractivity contribution in [2.75, 3.05) is 6.54 Å². The molecule has 9 heavy (non-hydrogen) atoms. The minimum Gasteiger partial charge on any atom is -0.349 e. The molecule has 1 N–H and O–H groups in total. The number of amides is 1. The molecule has 0 radical (unpaired) electrons. The van der Waals surface area contributed by atoms with Crippen molar-refractivity contribution in [2.24, 2.45) is 0 Å². The molecule has 0 fully saturated rings. The summed E-state index contributed by atoms with van der Waals surface area (Å²) in [6, 6.07) is 0. The molecule has 0 atom stereocenters. The maximum Gasteiger partial charge on any atom is 0.224 e. The number of rotatable bonds is 4. The van der Waals surface area contributed by atoms with E-state index in [0.29, 0.717) is 6.29 Å². The molecule has 3 heteroatoms. The monoisotopic (exact) mass is 127 g/mol. The van der Waals surface area contributed by atoms with Gasteiger partial charge in [0.15, 0.2) is 0 Å². The highest BCUT2D eigenvalue weighted by Crippen LogP contribution is 1.76. The first-order valence-corrected chi connectivity index (χ1v) is 2.62. The molecule has 0 unspecified atom stereocenters. The zero-order chi connectivity index (χ0) is 7.11. The van der Waals surface area contributed by atoms with Crippen LogP contribution in [0, 0.1) is 0 Å². The fourth-order valence-corrected chi connectivity index (χ4v) is 0.359. The number of carbonyl (C=O) groups excluding carboxylic acids is 2. The van der Waals surface area contributed by atoms with E-state index >= 15 is 0 Å². The lowest BCUT2D eigenvalue weighted by Crippen LogP contribution is -2.23. The van der Waals surface area contributed by atoms with Crippen LogP contribution in [0.25, 0.3) is 0 Å². The highest BCUT2D eigenvalue weighted by Gasteiger charge is 1.92. The quantitative estimate of drug-likeness (QED) is 0.422. The predicted octanol–water partition coefficient (Wildman–Crippen LogP) is -0.122. The number of aldehydes is 1. The van der Waals surface area contributed by atoms with Crippen LogP contribution in [0.15, 0.2) is 12.7 Å². The van der Waals surface area contributed by atoms with E-state index < -0.39 is 0 Å². The van der Waals surface area contributed by atoms with Crippen molar-refractivity contribution < 1.29 is 9.59 Å². The summed E-state index contributed by atoms with van der Waals surface area (Å²) < 4.78 is 0. The average Bonchev–Trinajstić information content (AvgIpc) is 1.85. The molecule has 0 aliphatic rings. The van der Waals surface area contributed by atoms with Crippen LogP contribution < -0.4 is 5.32 Å². The Balaban J connectivity index is 3.26. The molecule has 0 aliphatic heterocycles. The minimum atomic E-state index is -0.169. The van der Waals surface area contributed by atoms with Gasteiger partial charge >= 0.3 is 0 Å². The Kier molecular flexibility index (Phi) is 4.40. The largest absolute Gasteiger partial charge is 0.349 e. The molecular weight excluding hydrogens is 118 g/mol. The third kappa shape index (κ3) is 4.74. The van der Waals surface area contributed by atoms with Crippen LogP contribution in [0.3, 0.4) is 0 Å². The Labute approximate surface area is 53.7 Å². The topological polar surface area (TPSA) is 46.2 Å². The van der Waals surface area contributed by atoms with E-state index in [2.05, 4.69) is 11.9 Å². The smallest absolute Gasteiger partial charge is 0.224 e. The Morgan fingerprint density at radius 2 is 2.33 bits per heavy atom. The van der Waals surface area contributed by atoms with E-state index in [1.807, 2.05) is 0 Å². The molecule has 0 saturated carbocycles. The van der Waals surface area contributed by atoms with Gasteiger partial charge in [-0.2, -0.15) is 0 Å². The van der Waals surface area contributed by atoms with Crippen LogP contribution in [-0.4, -0.2) is 18.7 Å². The first-order valence-electron chi connectivity index (χ1n) is 2.62. The second kappa shape index (κ2) is 5.03. The number of hydrogen-bond acceptors (Lipinski definition) is 2. The normalized spacial score (nSPS) is 8.00. The summed E-state index contributed by atoms with van der Waals surface area (Å²) in [4.78, 5) is 20.1. The predicted molar refractivity (Wildman–Crippen MR) is 33.9 cm³/mol. The summed E-state index contributed by atoms with van der Waals surface area (Å²) in [5.74, 6) is -0.169. The molecule has 0 rings (SSSR count). The molecule has 0 spiro atoms. The summed E-state index contributed by atoms with van der Waals surface area (Å²) in [6.07, 6.45) is 2.40. The molecule has 0 aromatic carbocycles. The van der Waals surface area contributed by atoms with Crippen molar-refractivity contribution in [3.05, 3.63) is 12.7 Å². The van der Waals surface area contributed by atoms with Gasteiger partial charge < -0.3 is 10.1 Å². The maximum atomic E-state index is 10.5. The summed E-state index contributed by atoms with van der Waals surface area (Å²) in [5, 5.41) is 2.36. The third-order valence-electron chi connectivity index (χ3n) is 0.712. The van der Waals surface area contributed by atoms with Crippen molar-refractivity contribution in [1.29, 1.82) is 0 Å². The Bertz CT molecular complexity index is 120. The average molecular weight is 127 g/mol. The Hall–Kier alpha value is -1.12. The fraction of sp³-hybridized carbons (Fsp3) is 0.333. The molecule has 0 saturated heterocycles. The number of hydrogen-bond donors (Lipinski definition) is 1. The van der Waals surface area contributed by atoms with Gasteiger partial charge in [0, 0.05) is 6.42 Å². The van der Waals surface area contributed by atoms with Crippen LogP contribution in [0.1, 0.15) is 6.42 Å². The van der Waals surface area contributed by atoms with Crippen LogP contribution in [-0.2, 0) is 9.59 Å². The SMILES string of the molecule is C=CCC(=O)NCC=O. The zero-order valence-corrected chi connectivity index (χ0v) is 5.09. The second-order valence-electron chi connectivity index (χ2n) is 1.46. The van der Waals surface area contributed by atoms with E-state index in [1.165, 1.54) is 6.08 Å². The van der Waals surface area contributed by atoms with Gasteiger partial charge in [0.2, 0.25) is 5.91 Å². The van der Waals surface area contributed by atoms with Gasteiger partial charge in [-0.05, 0) is 0 Å². The molecule has 0 aliphatic carbocycles. The van der Waals surface area contributed by atoms with Crippen LogP contribution >= 0.6 is 0 Å². The highest BCUT2D eigenvalue weighted by atomic mass is 16.2.